The lowest BCUT2D eigenvalue weighted by molar-refractivity contribution is 0.107. The molecule has 7 nitrogen and oxygen atoms in total. The fraction of sp³-hybridized carbons (Fsp3) is 0.682. The number of likely N-dealkylation sites (N-methyl/N-ethyl adjacent to an activating group) is 1. The first-order valence-electron chi connectivity index (χ1n) is 11.0. The monoisotopic (exact) mass is 402 g/mol. The molecule has 0 amide bonds. The van der Waals surface area contributed by atoms with E-state index in [1.807, 2.05) is 19.2 Å². The van der Waals surface area contributed by atoms with Crippen molar-refractivity contribution in [2.45, 2.75) is 32.4 Å². The predicted octanol–water partition coefficient (Wildman–Crippen LogP) is 1.46. The summed E-state index contributed by atoms with van der Waals surface area (Å²) >= 11 is 0. The maximum absolute atomic E-state index is 5.53. The molecule has 3 rings (SSSR count). The van der Waals surface area contributed by atoms with E-state index in [2.05, 4.69) is 56.3 Å². The Hall–Kier alpha value is -1.99. The van der Waals surface area contributed by atoms with Crippen LogP contribution in [-0.4, -0.2) is 94.4 Å². The highest BCUT2D eigenvalue weighted by atomic mass is 16.5. The summed E-state index contributed by atoms with van der Waals surface area (Å²) in [6.45, 7) is 13.2. The topological polar surface area (TPSA) is 55.4 Å². The summed E-state index contributed by atoms with van der Waals surface area (Å²) in [4.78, 5) is 11.9. The van der Waals surface area contributed by atoms with Crippen molar-refractivity contribution in [3.8, 4) is 5.75 Å². The van der Waals surface area contributed by atoms with E-state index in [0.29, 0.717) is 12.1 Å². The van der Waals surface area contributed by atoms with Crippen molar-refractivity contribution >= 4 is 11.6 Å². The van der Waals surface area contributed by atoms with Gasteiger partial charge in [-0.2, -0.15) is 0 Å². The van der Waals surface area contributed by atoms with E-state index in [1.165, 1.54) is 18.8 Å². The number of methoxy groups -OCH3 is 1. The van der Waals surface area contributed by atoms with E-state index < -0.39 is 0 Å². The van der Waals surface area contributed by atoms with Crippen LogP contribution in [-0.2, 0) is 0 Å². The lowest BCUT2D eigenvalue weighted by Crippen LogP contribution is -2.53. The number of benzene rings is 1. The smallest absolute Gasteiger partial charge is 0.191 e. The highest BCUT2D eigenvalue weighted by Gasteiger charge is 2.26. The zero-order valence-corrected chi connectivity index (χ0v) is 18.5. The zero-order chi connectivity index (χ0) is 20.6. The van der Waals surface area contributed by atoms with Gasteiger partial charge >= 0.3 is 0 Å². The van der Waals surface area contributed by atoms with Crippen LogP contribution in [0.2, 0.25) is 0 Å². The highest BCUT2D eigenvalue weighted by Crippen LogP contribution is 2.30. The molecule has 2 fully saturated rings. The number of anilines is 1. The molecule has 2 aliphatic heterocycles. The second-order valence-electron chi connectivity index (χ2n) is 8.02. The predicted molar refractivity (Wildman–Crippen MR) is 121 cm³/mol. The maximum Gasteiger partial charge on any atom is 0.191 e. The Morgan fingerprint density at radius 3 is 2.66 bits per heavy atom. The molecule has 2 saturated heterocycles. The van der Waals surface area contributed by atoms with Crippen LogP contribution >= 0.6 is 0 Å². The molecule has 162 valence electrons. The van der Waals surface area contributed by atoms with Gasteiger partial charge in [0.25, 0.3) is 0 Å². The molecule has 0 radical (unpaired) electrons. The van der Waals surface area contributed by atoms with Crippen molar-refractivity contribution in [1.29, 1.82) is 0 Å². The lowest BCUT2D eigenvalue weighted by atomic mass is 10.2. The number of hydrogen-bond acceptors (Lipinski definition) is 5. The second kappa shape index (κ2) is 10.7. The Kier molecular flexibility index (Phi) is 8.00. The fourth-order valence-corrected chi connectivity index (χ4v) is 4.27. The van der Waals surface area contributed by atoms with Crippen LogP contribution in [0.5, 0.6) is 5.75 Å². The van der Waals surface area contributed by atoms with Gasteiger partial charge in [-0.05, 0) is 32.0 Å². The Morgan fingerprint density at radius 1 is 1.21 bits per heavy atom. The molecule has 1 aromatic rings. The molecular formula is C22H38N6O. The van der Waals surface area contributed by atoms with Crippen LogP contribution in [0.1, 0.15) is 20.3 Å². The van der Waals surface area contributed by atoms with Gasteiger partial charge in [-0.3, -0.25) is 9.89 Å². The second-order valence-corrected chi connectivity index (χ2v) is 8.02. The molecule has 29 heavy (non-hydrogen) atoms. The molecular weight excluding hydrogens is 364 g/mol. The van der Waals surface area contributed by atoms with Gasteiger partial charge in [0.2, 0.25) is 0 Å². The summed E-state index contributed by atoms with van der Waals surface area (Å²) in [5, 5.41) is 7.14. The van der Waals surface area contributed by atoms with E-state index in [-0.39, 0.29) is 0 Å². The molecule has 0 bridgehead atoms. The number of piperazine rings is 1. The molecule has 0 saturated carbocycles. The molecule has 0 aliphatic carbocycles. The average Bonchev–Trinajstić information content (AvgIpc) is 3.24. The van der Waals surface area contributed by atoms with Gasteiger partial charge in [0, 0.05) is 64.9 Å². The SMILES string of the molecule is CCN1CCN(C(C)CNC(=NC)NC2CCN(c3ccccc3OC)C2)CC1. The van der Waals surface area contributed by atoms with Crippen molar-refractivity contribution in [1.82, 2.24) is 20.4 Å². The molecule has 7 heteroatoms. The van der Waals surface area contributed by atoms with Gasteiger partial charge in [0.1, 0.15) is 5.75 Å². The van der Waals surface area contributed by atoms with E-state index in [0.717, 1.165) is 57.4 Å². The summed E-state index contributed by atoms with van der Waals surface area (Å²) in [5.74, 6) is 1.84. The van der Waals surface area contributed by atoms with Crippen LogP contribution < -0.4 is 20.3 Å². The zero-order valence-electron chi connectivity index (χ0n) is 18.5. The summed E-state index contributed by atoms with van der Waals surface area (Å²) in [5.41, 5.74) is 1.17. The van der Waals surface area contributed by atoms with Gasteiger partial charge in [0.15, 0.2) is 5.96 Å². The van der Waals surface area contributed by atoms with Crippen LogP contribution in [0.25, 0.3) is 0 Å². The molecule has 0 aromatic heterocycles. The Labute approximate surface area is 176 Å². The maximum atomic E-state index is 5.53. The minimum absolute atomic E-state index is 0.384. The van der Waals surface area contributed by atoms with Crippen molar-refractivity contribution in [2.75, 3.05) is 71.4 Å². The third kappa shape index (κ3) is 5.76. The average molecular weight is 403 g/mol. The third-order valence-electron chi connectivity index (χ3n) is 6.22. The molecule has 2 atom stereocenters. The molecule has 1 aromatic carbocycles. The minimum atomic E-state index is 0.384. The first-order chi connectivity index (χ1) is 14.1. The molecule has 2 N–H and O–H groups in total. The van der Waals surface area contributed by atoms with Crippen LogP contribution in [0.15, 0.2) is 29.3 Å². The van der Waals surface area contributed by atoms with Crippen molar-refractivity contribution in [2.24, 2.45) is 4.99 Å². The number of hydrogen-bond donors (Lipinski definition) is 2. The fourth-order valence-electron chi connectivity index (χ4n) is 4.27. The van der Waals surface area contributed by atoms with Crippen molar-refractivity contribution in [3.63, 3.8) is 0 Å². The Balaban J connectivity index is 1.45. The number of nitrogens with zero attached hydrogens (tertiary/aromatic N) is 4. The van der Waals surface area contributed by atoms with E-state index in [1.54, 1.807) is 7.11 Å². The van der Waals surface area contributed by atoms with E-state index in [4.69, 9.17) is 4.74 Å². The molecule has 2 aliphatic rings. The van der Waals surface area contributed by atoms with Crippen molar-refractivity contribution in [3.05, 3.63) is 24.3 Å². The quantitative estimate of drug-likeness (QED) is 0.532. The summed E-state index contributed by atoms with van der Waals surface area (Å²) < 4.78 is 5.53. The number of para-hydroxylation sites is 2. The largest absolute Gasteiger partial charge is 0.495 e. The molecule has 2 heterocycles. The Bertz CT molecular complexity index is 658. The van der Waals surface area contributed by atoms with Gasteiger partial charge in [0.05, 0.1) is 12.8 Å². The van der Waals surface area contributed by atoms with Crippen molar-refractivity contribution < 1.29 is 4.74 Å². The third-order valence-corrected chi connectivity index (χ3v) is 6.22. The Morgan fingerprint density at radius 2 is 1.97 bits per heavy atom. The van der Waals surface area contributed by atoms with E-state index in [9.17, 15) is 0 Å². The molecule has 0 spiro atoms. The number of ether oxygens (including phenoxy) is 1. The number of nitrogens with one attached hydrogen (secondary N) is 2. The lowest BCUT2D eigenvalue weighted by Gasteiger charge is -2.37. The van der Waals surface area contributed by atoms with Gasteiger partial charge < -0.3 is 25.2 Å². The summed E-state index contributed by atoms with van der Waals surface area (Å²) in [6.07, 6.45) is 1.09. The first-order valence-corrected chi connectivity index (χ1v) is 11.0. The van der Waals surface area contributed by atoms with Crippen LogP contribution in [0, 0.1) is 0 Å². The van der Waals surface area contributed by atoms with E-state index >= 15 is 0 Å². The van der Waals surface area contributed by atoms with Gasteiger partial charge in [-0.15, -0.1) is 0 Å². The van der Waals surface area contributed by atoms with Crippen LogP contribution in [0.3, 0.4) is 0 Å². The summed E-state index contributed by atoms with van der Waals surface area (Å²) in [6, 6.07) is 9.13. The normalized spacial score (nSPS) is 22.6. The molecule has 2 unspecified atom stereocenters. The number of aliphatic imine (C=N–C) groups is 1. The minimum Gasteiger partial charge on any atom is -0.495 e. The number of rotatable bonds is 7. The first kappa shape index (κ1) is 21.7. The number of guanidine groups is 1. The summed E-state index contributed by atoms with van der Waals surface area (Å²) in [7, 11) is 3.59. The van der Waals surface area contributed by atoms with Gasteiger partial charge in [-0.1, -0.05) is 19.1 Å². The van der Waals surface area contributed by atoms with Crippen LogP contribution in [0.4, 0.5) is 5.69 Å². The van der Waals surface area contributed by atoms with Gasteiger partial charge in [-0.25, -0.2) is 0 Å². The standard InChI is InChI=1S/C22H38N6O/c1-5-26-12-14-27(15-13-26)18(2)16-24-22(23-3)25-19-10-11-28(17-19)20-8-6-7-9-21(20)29-4/h6-9,18-19H,5,10-17H2,1-4H3,(H2,23,24,25). The highest BCUT2D eigenvalue weighted by molar-refractivity contribution is 5.80.